The van der Waals surface area contributed by atoms with Gasteiger partial charge in [0, 0.05) is 37.9 Å². The van der Waals surface area contributed by atoms with E-state index in [1.807, 2.05) is 36.4 Å². The van der Waals surface area contributed by atoms with Crippen LogP contribution >= 0.6 is 11.3 Å². The topological polar surface area (TPSA) is 93.8 Å². The van der Waals surface area contributed by atoms with E-state index < -0.39 is 0 Å². The molecule has 0 spiro atoms. The molecule has 2 atom stereocenters. The summed E-state index contributed by atoms with van der Waals surface area (Å²) in [5.41, 5.74) is 6.15. The minimum Gasteiger partial charge on any atom is -0.492 e. The van der Waals surface area contributed by atoms with Gasteiger partial charge in [0.15, 0.2) is 5.65 Å². The fourth-order valence-electron chi connectivity index (χ4n) is 4.30. The number of likely N-dealkylation sites (tertiary alicyclic amines) is 1. The van der Waals surface area contributed by atoms with E-state index in [9.17, 15) is 4.79 Å². The molecule has 9 heteroatoms. The lowest BCUT2D eigenvalue weighted by Crippen LogP contribution is -2.57. The summed E-state index contributed by atoms with van der Waals surface area (Å²) in [4.78, 5) is 24.3. The number of rotatable bonds is 6. The van der Waals surface area contributed by atoms with Gasteiger partial charge in [0.1, 0.15) is 18.1 Å². The normalized spacial score (nSPS) is 21.1. The second-order valence-corrected chi connectivity index (χ2v) is 8.59. The maximum Gasteiger partial charge on any atom is 0.314 e. The Morgan fingerprint density at radius 1 is 1.13 bits per heavy atom. The largest absolute Gasteiger partial charge is 0.492 e. The fourth-order valence-corrected chi connectivity index (χ4v) is 5.10. The van der Waals surface area contributed by atoms with Crippen LogP contribution in [-0.2, 0) is 0 Å². The predicted molar refractivity (Wildman–Crippen MR) is 114 cm³/mol. The first-order chi connectivity index (χ1) is 14.7. The number of hydrogen-bond acceptors (Lipinski definition) is 7. The van der Waals surface area contributed by atoms with Gasteiger partial charge in [-0.25, -0.2) is 9.78 Å². The van der Waals surface area contributed by atoms with Gasteiger partial charge in [-0.05, 0) is 49.2 Å². The highest BCUT2D eigenvalue weighted by Gasteiger charge is 2.40. The lowest BCUT2D eigenvalue weighted by atomic mass is 10.2. The molecule has 0 aliphatic carbocycles. The number of urea groups is 1. The van der Waals surface area contributed by atoms with E-state index in [1.54, 1.807) is 11.1 Å². The van der Waals surface area contributed by atoms with Gasteiger partial charge in [-0.3, -0.25) is 4.90 Å². The van der Waals surface area contributed by atoms with Gasteiger partial charge >= 0.3 is 6.03 Å². The third kappa shape index (κ3) is 3.90. The molecule has 2 amide bonds. The minimum absolute atomic E-state index is 0.313. The van der Waals surface area contributed by atoms with E-state index in [2.05, 4.69) is 14.9 Å². The zero-order valence-electron chi connectivity index (χ0n) is 16.4. The monoisotopic (exact) mass is 425 g/mol. The summed E-state index contributed by atoms with van der Waals surface area (Å²) in [5, 5.41) is 0.572. The van der Waals surface area contributed by atoms with E-state index in [-0.39, 0.29) is 6.03 Å². The Bertz CT molecular complexity index is 994. The number of nitrogens with zero attached hydrogens (tertiary/aromatic N) is 4. The number of carbonyl (C=O) groups is 1. The number of primary amides is 1. The third-order valence-electron chi connectivity index (χ3n) is 5.74. The van der Waals surface area contributed by atoms with Crippen molar-refractivity contribution < 1.29 is 14.3 Å². The summed E-state index contributed by atoms with van der Waals surface area (Å²) in [7, 11) is 0. The number of hydrogen-bond donors (Lipinski definition) is 1. The highest BCUT2D eigenvalue weighted by molar-refractivity contribution is 7.20. The number of ether oxygens (including phenoxy) is 2. The molecular formula is C21H23N5O3S. The van der Waals surface area contributed by atoms with Crippen LogP contribution in [0.2, 0.25) is 0 Å². The average molecular weight is 426 g/mol. The molecule has 5 rings (SSSR count). The van der Waals surface area contributed by atoms with Gasteiger partial charge in [-0.15, -0.1) is 0 Å². The maximum atomic E-state index is 11.5. The van der Waals surface area contributed by atoms with Crippen molar-refractivity contribution in [2.24, 2.45) is 5.73 Å². The second-order valence-electron chi connectivity index (χ2n) is 7.59. The highest BCUT2D eigenvalue weighted by Crippen LogP contribution is 2.31. The second kappa shape index (κ2) is 8.08. The molecule has 3 aromatic rings. The first-order valence-electron chi connectivity index (χ1n) is 10.1. The quantitative estimate of drug-likeness (QED) is 0.652. The molecule has 2 bridgehead atoms. The van der Waals surface area contributed by atoms with Gasteiger partial charge in [0.05, 0.1) is 4.70 Å². The molecule has 0 unspecified atom stereocenters. The molecule has 2 aromatic heterocycles. The molecule has 2 fully saturated rings. The smallest absolute Gasteiger partial charge is 0.314 e. The van der Waals surface area contributed by atoms with Crippen molar-refractivity contribution in [2.75, 3.05) is 26.2 Å². The number of pyridine rings is 1. The molecule has 30 heavy (non-hydrogen) atoms. The van der Waals surface area contributed by atoms with Crippen molar-refractivity contribution in [3.63, 3.8) is 0 Å². The van der Waals surface area contributed by atoms with Crippen LogP contribution < -0.4 is 15.2 Å². The molecule has 0 radical (unpaired) electrons. The Balaban J connectivity index is 1.13. The molecule has 2 aliphatic rings. The zero-order valence-corrected chi connectivity index (χ0v) is 17.3. The fraction of sp³-hybridized carbons (Fsp3) is 0.381. The predicted octanol–water partition coefficient (Wildman–Crippen LogP) is 3.09. The number of benzene rings is 1. The summed E-state index contributed by atoms with van der Waals surface area (Å²) < 4.78 is 12.8. The Morgan fingerprint density at radius 2 is 1.87 bits per heavy atom. The molecule has 2 N–H and O–H groups in total. The summed E-state index contributed by atoms with van der Waals surface area (Å²) in [6.45, 7) is 2.89. The third-order valence-corrected chi connectivity index (χ3v) is 6.63. The van der Waals surface area contributed by atoms with E-state index in [1.165, 1.54) is 11.3 Å². The summed E-state index contributed by atoms with van der Waals surface area (Å²) in [5.74, 6) is 1.51. The number of nitrogens with two attached hydrogens (primary N) is 1. The molecule has 0 saturated carbocycles. The van der Waals surface area contributed by atoms with Gasteiger partial charge in [0.2, 0.25) is 0 Å². The van der Waals surface area contributed by atoms with Gasteiger partial charge in [-0.2, -0.15) is 4.98 Å². The number of fused-ring (bicyclic) bond motifs is 3. The lowest BCUT2D eigenvalue weighted by Gasteiger charge is -2.40. The number of carbonyl (C=O) groups excluding carboxylic acids is 1. The van der Waals surface area contributed by atoms with Crippen LogP contribution in [0, 0.1) is 0 Å². The van der Waals surface area contributed by atoms with E-state index >= 15 is 0 Å². The van der Waals surface area contributed by atoms with Crippen LogP contribution in [0.3, 0.4) is 0 Å². The van der Waals surface area contributed by atoms with E-state index in [0.717, 1.165) is 42.9 Å². The summed E-state index contributed by atoms with van der Waals surface area (Å²) >= 11 is 1.47. The first-order valence-corrected chi connectivity index (χ1v) is 10.9. The Hall–Kier alpha value is -2.91. The molecule has 1 aromatic carbocycles. The van der Waals surface area contributed by atoms with Gasteiger partial charge in [-0.1, -0.05) is 11.3 Å². The zero-order chi connectivity index (χ0) is 20.5. The Morgan fingerprint density at radius 3 is 2.57 bits per heavy atom. The number of amides is 2. The van der Waals surface area contributed by atoms with Crippen LogP contribution in [0.5, 0.6) is 16.7 Å². The van der Waals surface area contributed by atoms with Crippen molar-refractivity contribution in [1.29, 1.82) is 0 Å². The Kier molecular flexibility index (Phi) is 5.14. The molecule has 156 valence electrons. The maximum absolute atomic E-state index is 11.5. The van der Waals surface area contributed by atoms with Crippen LogP contribution in [0.25, 0.3) is 10.3 Å². The Labute approximate surface area is 178 Å². The van der Waals surface area contributed by atoms with Crippen molar-refractivity contribution in [3.05, 3.63) is 42.6 Å². The van der Waals surface area contributed by atoms with Crippen molar-refractivity contribution in [3.8, 4) is 16.7 Å². The molecular weight excluding hydrogens is 402 g/mol. The highest BCUT2D eigenvalue weighted by atomic mass is 32.1. The van der Waals surface area contributed by atoms with Gasteiger partial charge < -0.3 is 20.1 Å². The van der Waals surface area contributed by atoms with Gasteiger partial charge in [0.25, 0.3) is 5.19 Å². The van der Waals surface area contributed by atoms with E-state index in [4.69, 9.17) is 15.2 Å². The van der Waals surface area contributed by atoms with Crippen LogP contribution in [0.1, 0.15) is 12.8 Å². The number of thiazole rings is 1. The summed E-state index contributed by atoms with van der Waals surface area (Å²) in [6, 6.07) is 11.9. The molecule has 4 heterocycles. The number of piperazine rings is 1. The average Bonchev–Trinajstić information content (AvgIpc) is 3.25. The van der Waals surface area contributed by atoms with Crippen LogP contribution in [-0.4, -0.2) is 64.1 Å². The van der Waals surface area contributed by atoms with Crippen molar-refractivity contribution in [2.45, 2.75) is 24.9 Å². The summed E-state index contributed by atoms with van der Waals surface area (Å²) in [6.07, 6.45) is 3.95. The molecule has 2 aliphatic heterocycles. The van der Waals surface area contributed by atoms with Crippen molar-refractivity contribution >= 4 is 27.7 Å². The molecule has 2 saturated heterocycles. The first kappa shape index (κ1) is 19.1. The minimum atomic E-state index is -0.313. The number of aromatic nitrogens is 2. The molecule has 8 nitrogen and oxygen atoms in total. The van der Waals surface area contributed by atoms with Crippen LogP contribution in [0.15, 0.2) is 42.6 Å². The standard InChI is InChI=1S/C21H23N5O3S/c22-20(27)25-12-14-3-4-15(13-25)26(14)10-11-28-16-5-7-17(8-6-16)29-21-24-19-18(30-21)2-1-9-23-19/h1-2,5-9,14-15H,3-4,10-13H2,(H2,22,27)/t14-,15+. The van der Waals surface area contributed by atoms with Crippen molar-refractivity contribution in [1.82, 2.24) is 19.8 Å². The van der Waals surface area contributed by atoms with E-state index in [0.29, 0.717) is 35.3 Å². The van der Waals surface area contributed by atoms with Crippen LogP contribution in [0.4, 0.5) is 4.79 Å². The SMILES string of the molecule is NC(=O)N1C[C@H]2CC[C@@H](C1)N2CCOc1ccc(Oc2nc3ncccc3s2)cc1. The lowest BCUT2D eigenvalue weighted by molar-refractivity contribution is 0.0735.